The van der Waals surface area contributed by atoms with Crippen LogP contribution in [0.4, 0.5) is 0 Å². The second kappa shape index (κ2) is 6.70. The van der Waals surface area contributed by atoms with Gasteiger partial charge in [-0.15, -0.1) is 22.0 Å². The molecule has 1 atom stereocenters. The van der Waals surface area contributed by atoms with E-state index in [-0.39, 0.29) is 5.92 Å². The van der Waals surface area contributed by atoms with Crippen molar-refractivity contribution in [2.75, 3.05) is 25.4 Å². The highest BCUT2D eigenvalue weighted by atomic mass is 32.2. The molecule has 5 rings (SSSR count). The van der Waals surface area contributed by atoms with Crippen LogP contribution < -0.4 is 5.32 Å². The molecule has 2 aromatic rings. The maximum Gasteiger partial charge on any atom is 0.231 e. The Morgan fingerprint density at radius 2 is 2.00 bits per heavy atom. The molecule has 6 nitrogen and oxygen atoms in total. The van der Waals surface area contributed by atoms with Crippen molar-refractivity contribution in [3.63, 3.8) is 0 Å². The highest BCUT2D eigenvalue weighted by Gasteiger charge is 2.35. The highest BCUT2D eigenvalue weighted by Crippen LogP contribution is 2.41. The van der Waals surface area contributed by atoms with Crippen molar-refractivity contribution < 1.29 is 4.79 Å². The fraction of sp³-hybridized carbons (Fsp3) is 0.526. The lowest BCUT2D eigenvalue weighted by molar-refractivity contribution is -0.133. The largest absolute Gasteiger partial charge is 0.342 e. The average molecular weight is 369 g/mol. The Kier molecular flexibility index (Phi) is 4.21. The smallest absolute Gasteiger partial charge is 0.231 e. The molecule has 0 bridgehead atoms. The first-order valence-corrected chi connectivity index (χ1v) is 10.4. The van der Waals surface area contributed by atoms with Gasteiger partial charge in [-0.3, -0.25) is 4.79 Å². The summed E-state index contributed by atoms with van der Waals surface area (Å²) in [6.07, 6.45) is 1.97. The van der Waals surface area contributed by atoms with Crippen LogP contribution in [0, 0.1) is 0 Å². The number of amides is 1. The van der Waals surface area contributed by atoms with Crippen molar-refractivity contribution in [1.82, 2.24) is 25.0 Å². The lowest BCUT2D eigenvalue weighted by Gasteiger charge is -2.33. The van der Waals surface area contributed by atoms with E-state index in [9.17, 15) is 4.79 Å². The number of carbonyl (C=O) groups excluding carboxylic acids is 1. The van der Waals surface area contributed by atoms with Gasteiger partial charge in [0.05, 0.1) is 12.5 Å². The molecule has 1 saturated heterocycles. The number of aromatic nitrogens is 3. The van der Waals surface area contributed by atoms with Gasteiger partial charge in [0.15, 0.2) is 0 Å². The molecule has 3 aliphatic heterocycles. The van der Waals surface area contributed by atoms with Crippen LogP contribution in [0.15, 0.2) is 29.2 Å². The number of piperidine rings is 1. The van der Waals surface area contributed by atoms with E-state index in [4.69, 9.17) is 0 Å². The Morgan fingerprint density at radius 1 is 1.15 bits per heavy atom. The molecule has 0 radical (unpaired) electrons. The summed E-state index contributed by atoms with van der Waals surface area (Å²) >= 11 is 1.81. The number of hydrogen-bond acceptors (Lipinski definition) is 5. The molecule has 3 aliphatic rings. The zero-order valence-corrected chi connectivity index (χ0v) is 15.5. The second-order valence-electron chi connectivity index (χ2n) is 7.30. The summed E-state index contributed by atoms with van der Waals surface area (Å²) < 4.78 is 2.28. The van der Waals surface area contributed by atoms with Crippen LogP contribution in [0.5, 0.6) is 0 Å². The highest BCUT2D eigenvalue weighted by molar-refractivity contribution is 7.99. The Bertz CT molecular complexity index is 827. The van der Waals surface area contributed by atoms with Crippen LogP contribution in [0.2, 0.25) is 0 Å². The molecule has 0 aliphatic carbocycles. The Balaban J connectivity index is 1.26. The summed E-state index contributed by atoms with van der Waals surface area (Å²) in [4.78, 5) is 16.4. The third-order valence-electron chi connectivity index (χ3n) is 5.82. The number of likely N-dealkylation sites (tertiary alicyclic amines) is 1. The lowest BCUT2D eigenvalue weighted by Crippen LogP contribution is -2.41. The van der Waals surface area contributed by atoms with E-state index in [0.29, 0.717) is 11.8 Å². The number of rotatable bonds is 2. The maximum atomic E-state index is 13.1. The summed E-state index contributed by atoms with van der Waals surface area (Å²) in [5.74, 6) is 3.79. The van der Waals surface area contributed by atoms with Gasteiger partial charge in [0.2, 0.25) is 5.91 Å². The Morgan fingerprint density at radius 3 is 2.88 bits per heavy atom. The van der Waals surface area contributed by atoms with Crippen LogP contribution in [0.1, 0.15) is 41.9 Å². The van der Waals surface area contributed by atoms with Crippen molar-refractivity contribution >= 4 is 17.7 Å². The lowest BCUT2D eigenvalue weighted by atomic mass is 9.93. The molecular weight excluding hydrogens is 346 g/mol. The van der Waals surface area contributed by atoms with E-state index in [1.54, 1.807) is 0 Å². The fourth-order valence-electron chi connectivity index (χ4n) is 4.36. The summed E-state index contributed by atoms with van der Waals surface area (Å²) in [6.45, 7) is 4.39. The number of thioether (sulfide) groups is 1. The van der Waals surface area contributed by atoms with Crippen molar-refractivity contribution in [3.8, 4) is 0 Å². The molecule has 1 N–H and O–H groups in total. The third-order valence-corrected chi connectivity index (χ3v) is 7.00. The molecule has 7 heteroatoms. The average Bonchev–Trinajstić information content (AvgIpc) is 3.32. The van der Waals surface area contributed by atoms with Gasteiger partial charge < -0.3 is 14.8 Å². The number of carbonyl (C=O) groups is 1. The van der Waals surface area contributed by atoms with Gasteiger partial charge in [0.1, 0.15) is 11.6 Å². The zero-order chi connectivity index (χ0) is 17.5. The Hall–Kier alpha value is -1.86. The monoisotopic (exact) mass is 369 g/mol. The predicted molar refractivity (Wildman–Crippen MR) is 100 cm³/mol. The van der Waals surface area contributed by atoms with E-state index in [2.05, 4.69) is 43.2 Å². The molecule has 1 aromatic heterocycles. The van der Waals surface area contributed by atoms with Gasteiger partial charge in [-0.05, 0) is 24.5 Å². The van der Waals surface area contributed by atoms with E-state index >= 15 is 0 Å². The number of fused-ring (bicyclic) bond motifs is 2. The summed E-state index contributed by atoms with van der Waals surface area (Å²) in [5, 5.41) is 12.1. The minimum absolute atomic E-state index is 0.0275. The second-order valence-corrected chi connectivity index (χ2v) is 8.37. The summed E-state index contributed by atoms with van der Waals surface area (Å²) in [6, 6.07) is 8.34. The molecule has 0 spiro atoms. The molecule has 1 amide bonds. The summed E-state index contributed by atoms with van der Waals surface area (Å²) in [5.41, 5.74) is 1.21. The minimum Gasteiger partial charge on any atom is -0.342 e. The molecule has 1 unspecified atom stereocenters. The maximum absolute atomic E-state index is 13.1. The fourth-order valence-corrected chi connectivity index (χ4v) is 5.58. The standard InChI is InChI=1S/C19H23N5OS/c25-19(15-12-26-16-4-2-1-3-14(15)16)23-8-5-13(6-9-23)18-22-21-17-11-20-7-10-24(17)18/h1-4,13,15,20H,5-12H2. The van der Waals surface area contributed by atoms with Crippen LogP contribution in [-0.4, -0.2) is 51.0 Å². The van der Waals surface area contributed by atoms with Crippen LogP contribution in [0.3, 0.4) is 0 Å². The predicted octanol–water partition coefficient (Wildman–Crippen LogP) is 1.98. The van der Waals surface area contributed by atoms with E-state index in [1.165, 1.54) is 10.5 Å². The number of nitrogens with zero attached hydrogens (tertiary/aromatic N) is 4. The van der Waals surface area contributed by atoms with Crippen LogP contribution >= 0.6 is 11.8 Å². The molecule has 1 fully saturated rings. The SMILES string of the molecule is O=C(C1CSc2ccccc21)N1CCC(c2nnc3n2CCNC3)CC1. The molecule has 4 heterocycles. The molecule has 1 aromatic carbocycles. The van der Waals surface area contributed by atoms with E-state index in [0.717, 1.165) is 63.0 Å². The molecule has 0 saturated carbocycles. The van der Waals surface area contributed by atoms with Crippen LogP contribution in [-0.2, 0) is 17.9 Å². The normalized spacial score (nSPS) is 22.9. The number of benzene rings is 1. The van der Waals surface area contributed by atoms with E-state index in [1.807, 2.05) is 17.8 Å². The zero-order valence-electron chi connectivity index (χ0n) is 14.7. The molecular formula is C19H23N5OS. The third kappa shape index (κ3) is 2.74. The van der Waals surface area contributed by atoms with Gasteiger partial charge in [-0.25, -0.2) is 0 Å². The van der Waals surface area contributed by atoms with Crippen molar-refractivity contribution in [3.05, 3.63) is 41.5 Å². The number of hydrogen-bond donors (Lipinski definition) is 1. The first-order valence-electron chi connectivity index (χ1n) is 9.44. The van der Waals surface area contributed by atoms with Crippen molar-refractivity contribution in [2.24, 2.45) is 0 Å². The first kappa shape index (κ1) is 16.3. The first-order chi connectivity index (χ1) is 12.8. The van der Waals surface area contributed by atoms with Gasteiger partial charge in [-0.1, -0.05) is 18.2 Å². The van der Waals surface area contributed by atoms with Gasteiger partial charge in [0, 0.05) is 42.7 Å². The van der Waals surface area contributed by atoms with Gasteiger partial charge in [0.25, 0.3) is 0 Å². The topological polar surface area (TPSA) is 63.1 Å². The van der Waals surface area contributed by atoms with E-state index < -0.39 is 0 Å². The Labute approximate surface area is 157 Å². The van der Waals surface area contributed by atoms with Crippen molar-refractivity contribution in [2.45, 2.75) is 42.7 Å². The van der Waals surface area contributed by atoms with Crippen LogP contribution in [0.25, 0.3) is 0 Å². The summed E-state index contributed by atoms with van der Waals surface area (Å²) in [7, 11) is 0. The van der Waals surface area contributed by atoms with Gasteiger partial charge in [-0.2, -0.15) is 0 Å². The molecule has 136 valence electrons. The minimum atomic E-state index is 0.0275. The molecule has 26 heavy (non-hydrogen) atoms. The van der Waals surface area contributed by atoms with Gasteiger partial charge >= 0.3 is 0 Å². The quantitative estimate of drug-likeness (QED) is 0.877. The number of nitrogens with one attached hydrogen (secondary N) is 1. The van der Waals surface area contributed by atoms with Crippen molar-refractivity contribution in [1.29, 1.82) is 0 Å².